The van der Waals surface area contributed by atoms with Crippen LogP contribution in [0.3, 0.4) is 0 Å². The van der Waals surface area contributed by atoms with Gasteiger partial charge in [0.2, 0.25) is 11.9 Å². The number of esters is 3. The summed E-state index contributed by atoms with van der Waals surface area (Å²) in [5, 5.41) is 14.1. The molecule has 2 fully saturated rings. The van der Waals surface area contributed by atoms with Gasteiger partial charge in [-0.3, -0.25) is 19.1 Å². The van der Waals surface area contributed by atoms with Crippen LogP contribution in [0.4, 0.5) is 5.95 Å². The molecule has 2 aliphatic rings. The maximum absolute atomic E-state index is 13.5. The molecule has 3 N–H and O–H groups in total. The number of aromatic nitrogens is 4. The number of H-pyrrole nitrogens is 1. The molecule has 4 heterocycles. The number of nitrogens with one attached hydrogen (secondary N) is 2. The van der Waals surface area contributed by atoms with E-state index in [1.165, 1.54) is 12.7 Å². The number of carbonyl (C=O) groups excluding carboxylic acids is 4. The maximum Gasteiger partial charge on any atom is 0.338 e. The summed E-state index contributed by atoms with van der Waals surface area (Å²) < 4.78 is 44.5. The summed E-state index contributed by atoms with van der Waals surface area (Å²) in [7, 11) is 3.60. The first kappa shape index (κ1) is 53.9. The van der Waals surface area contributed by atoms with Crippen molar-refractivity contribution in [3.8, 4) is 0 Å². The Morgan fingerprint density at radius 1 is 0.781 bits per heavy atom. The van der Waals surface area contributed by atoms with Gasteiger partial charge in [-0.25, -0.2) is 24.4 Å². The second-order valence-corrected chi connectivity index (χ2v) is 18.2. The molecule has 390 valence electrons. The lowest BCUT2D eigenvalue weighted by molar-refractivity contribution is -0.281. The number of amides is 1. The molecule has 20 heteroatoms. The van der Waals surface area contributed by atoms with Crippen molar-refractivity contribution in [3.63, 3.8) is 0 Å². The highest BCUT2D eigenvalue weighted by atomic mass is 16.7. The Balaban J connectivity index is 0.859. The van der Waals surface area contributed by atoms with Gasteiger partial charge < -0.3 is 48.5 Å². The number of aliphatic imine (C=N–C) groups is 1. The van der Waals surface area contributed by atoms with E-state index >= 15 is 0 Å². The Kier molecular flexibility index (Phi) is 19.8. The fourth-order valence-electron chi connectivity index (χ4n) is 8.52. The first-order valence-corrected chi connectivity index (χ1v) is 24.8. The average Bonchev–Trinajstić information content (AvgIpc) is 3.97. The summed E-state index contributed by atoms with van der Waals surface area (Å²) >= 11 is 0. The molecular weight excluding hydrogens is 943 g/mol. The fraction of sp³-hybridized carbons (Fsp3) is 0.472. The molecule has 3 aromatic carbocycles. The Labute approximate surface area is 423 Å². The van der Waals surface area contributed by atoms with Gasteiger partial charge in [0.15, 0.2) is 29.8 Å². The van der Waals surface area contributed by atoms with Crippen LogP contribution >= 0.6 is 0 Å². The van der Waals surface area contributed by atoms with Gasteiger partial charge in [-0.1, -0.05) is 81.3 Å². The molecule has 2 aromatic heterocycles. The summed E-state index contributed by atoms with van der Waals surface area (Å²) in [5.74, 6) is -2.57. The number of aliphatic hydroxyl groups is 1. The zero-order valence-electron chi connectivity index (χ0n) is 41.6. The van der Waals surface area contributed by atoms with E-state index in [1.54, 1.807) is 121 Å². The number of aliphatic hydroxyl groups excluding tert-OH is 1. The van der Waals surface area contributed by atoms with E-state index in [0.29, 0.717) is 50.0 Å². The lowest BCUT2D eigenvalue weighted by Gasteiger charge is -2.44. The Morgan fingerprint density at radius 2 is 1.38 bits per heavy atom. The van der Waals surface area contributed by atoms with Crippen molar-refractivity contribution in [2.24, 2.45) is 10.9 Å². The van der Waals surface area contributed by atoms with E-state index < -0.39 is 78.5 Å². The minimum Gasteiger partial charge on any atom is -0.459 e. The predicted octanol–water partition coefficient (Wildman–Crippen LogP) is 5.93. The predicted molar refractivity (Wildman–Crippen MR) is 267 cm³/mol. The molecule has 2 saturated heterocycles. The van der Waals surface area contributed by atoms with Gasteiger partial charge in [0.1, 0.15) is 31.0 Å². The molecule has 0 saturated carbocycles. The van der Waals surface area contributed by atoms with Gasteiger partial charge in [0.25, 0.3) is 5.56 Å². The molecule has 1 amide bonds. The average molecular weight is 1010 g/mol. The summed E-state index contributed by atoms with van der Waals surface area (Å²) in [6.07, 6.45) is 0.812. The van der Waals surface area contributed by atoms with E-state index in [0.717, 1.165) is 19.3 Å². The Hall–Kier alpha value is -6.84. The number of aromatic amines is 1. The largest absolute Gasteiger partial charge is 0.459 e. The number of nitrogens with zero attached hydrogens (tertiary/aromatic N) is 5. The number of ether oxygens (including phenoxy) is 7. The first-order valence-electron chi connectivity index (χ1n) is 24.8. The molecule has 20 nitrogen and oxygen atoms in total. The molecule has 2 aliphatic heterocycles. The van der Waals surface area contributed by atoms with Crippen LogP contribution in [-0.2, 0) is 38.0 Å². The number of imidazole rings is 1. The van der Waals surface area contributed by atoms with Crippen LogP contribution in [-0.4, -0.2) is 143 Å². The lowest BCUT2D eigenvalue weighted by Crippen LogP contribution is -2.58. The molecule has 0 radical (unpaired) electrons. The zero-order chi connectivity index (χ0) is 51.7. The minimum atomic E-state index is -1.19. The molecule has 0 bridgehead atoms. The third-order valence-corrected chi connectivity index (χ3v) is 12.4. The highest BCUT2D eigenvalue weighted by Crippen LogP contribution is 2.36. The number of carbonyl (C=O) groups is 4. The van der Waals surface area contributed by atoms with E-state index in [-0.39, 0.29) is 48.2 Å². The van der Waals surface area contributed by atoms with E-state index in [4.69, 9.17) is 33.2 Å². The minimum absolute atomic E-state index is 0.0891. The second-order valence-electron chi connectivity index (χ2n) is 18.2. The van der Waals surface area contributed by atoms with Crippen molar-refractivity contribution in [2.75, 3.05) is 40.5 Å². The van der Waals surface area contributed by atoms with Crippen LogP contribution in [0, 0.1) is 5.92 Å². The van der Waals surface area contributed by atoms with Crippen molar-refractivity contribution < 1.29 is 57.4 Å². The fourth-order valence-corrected chi connectivity index (χ4v) is 8.52. The smallest absolute Gasteiger partial charge is 0.338 e. The van der Waals surface area contributed by atoms with Gasteiger partial charge in [0, 0.05) is 46.2 Å². The molecule has 1 unspecified atom stereocenters. The number of hydrogen-bond donors (Lipinski definition) is 3. The normalized spacial score (nSPS) is 22.8. The van der Waals surface area contributed by atoms with Gasteiger partial charge >= 0.3 is 17.9 Å². The van der Waals surface area contributed by atoms with Crippen molar-refractivity contribution in [2.45, 2.75) is 114 Å². The third kappa shape index (κ3) is 14.7. The van der Waals surface area contributed by atoms with Gasteiger partial charge in [-0.2, -0.15) is 4.98 Å². The molecule has 0 spiro atoms. The summed E-state index contributed by atoms with van der Waals surface area (Å²) in [4.78, 5) is 83.0. The summed E-state index contributed by atoms with van der Waals surface area (Å²) in [5.41, 5.74) is 0.824. The topological polar surface area (TPSA) is 244 Å². The lowest BCUT2D eigenvalue weighted by atomic mass is 9.91. The van der Waals surface area contributed by atoms with Crippen LogP contribution in [0.1, 0.15) is 103 Å². The Bertz CT molecular complexity index is 2650. The van der Waals surface area contributed by atoms with Crippen LogP contribution in [0.5, 0.6) is 0 Å². The van der Waals surface area contributed by atoms with Gasteiger partial charge in [-0.05, 0) is 68.5 Å². The van der Waals surface area contributed by atoms with Gasteiger partial charge in [0.05, 0.1) is 35.5 Å². The van der Waals surface area contributed by atoms with Crippen LogP contribution in [0.2, 0.25) is 0 Å². The zero-order valence-corrected chi connectivity index (χ0v) is 41.6. The number of hydrogen-bond acceptors (Lipinski definition) is 16. The quantitative estimate of drug-likeness (QED) is 0.0202. The number of unbranched alkanes of at least 4 members (excludes halogenated alkanes) is 4. The van der Waals surface area contributed by atoms with Crippen molar-refractivity contribution in [1.29, 1.82) is 0 Å². The first-order chi connectivity index (χ1) is 35.4. The number of benzene rings is 3. The van der Waals surface area contributed by atoms with Crippen LogP contribution in [0.25, 0.3) is 11.2 Å². The molecule has 5 aromatic rings. The highest BCUT2D eigenvalue weighted by molar-refractivity contribution is 5.91. The molecular formula is C53H65N7O13. The summed E-state index contributed by atoms with van der Waals surface area (Å²) in [6.45, 7) is 4.40. The maximum atomic E-state index is 13.5. The van der Waals surface area contributed by atoms with E-state index in [2.05, 4.69) is 25.3 Å². The highest BCUT2D eigenvalue weighted by Gasteiger charge is 2.50. The Morgan fingerprint density at radius 3 is 2.03 bits per heavy atom. The second kappa shape index (κ2) is 26.7. The number of rotatable bonds is 25. The van der Waals surface area contributed by atoms with Gasteiger partial charge in [-0.15, -0.1) is 0 Å². The molecule has 0 aliphatic carbocycles. The van der Waals surface area contributed by atoms with Crippen LogP contribution in [0.15, 0.2) is 107 Å². The van der Waals surface area contributed by atoms with Crippen LogP contribution < -0.4 is 10.9 Å². The van der Waals surface area contributed by atoms with Crippen molar-refractivity contribution in [1.82, 2.24) is 29.7 Å². The van der Waals surface area contributed by atoms with E-state index in [9.17, 15) is 29.1 Å². The third-order valence-electron chi connectivity index (χ3n) is 12.4. The standard InChI is InChI=1S/C53H65N7O13/c1-5-38-42(62)45(48(70-38)60-33-55-41-46(60)57-53(58-47(41)63)56-32-59(3)4)67-29-19-7-6-18-28-54-40(61)27-17-20-30-68-52-34(2)43(72-50(65)36-23-13-9-14-24-36)44(73-51(66)37-25-15-10-16-26-37)39(71-52)31-69-49(64)35-21-11-8-12-22-35/h8-16,21-26,32-34,38-39,42-45,48,52,62H,5-7,17-20,27-31H2,1-4H3,(H,54,61)(H,57,58,63)/t34-,38-,39-,42?,43-,44+,45+,48-,52-/m1/s1. The molecule has 73 heavy (non-hydrogen) atoms. The number of fused-ring (bicyclic) bond motifs is 1. The van der Waals surface area contributed by atoms with E-state index in [1.807, 2.05) is 6.92 Å². The van der Waals surface area contributed by atoms with Crippen molar-refractivity contribution >= 4 is 47.3 Å². The molecule has 7 rings (SSSR count). The SMILES string of the molecule is CC[C@H]1O[C@@H](n2cnc3c(=O)[nH]c(N=CN(C)C)nc32)[C@@H](OCCCCCCNC(=O)CCCCO[C@@H]2O[C@H](COC(=O)c3ccccc3)[C@H](OC(=O)c3ccccc3)[C@H](OC(=O)c3ccccc3)[C@H]2C)C1O. The van der Waals surface area contributed by atoms with Crippen molar-refractivity contribution in [3.05, 3.63) is 124 Å². The summed E-state index contributed by atoms with van der Waals surface area (Å²) in [6, 6.07) is 25.2. The monoisotopic (exact) mass is 1010 g/mol. The molecule has 9 atom stereocenters.